The lowest BCUT2D eigenvalue weighted by Crippen LogP contribution is -2.09. The van der Waals surface area contributed by atoms with Crippen LogP contribution < -0.4 is 0 Å². The molecule has 0 spiro atoms. The van der Waals surface area contributed by atoms with Gasteiger partial charge in [-0.2, -0.15) is 0 Å². The summed E-state index contributed by atoms with van der Waals surface area (Å²) in [6, 6.07) is 10.2. The molecule has 3 aromatic rings. The van der Waals surface area contributed by atoms with E-state index in [0.717, 1.165) is 34.3 Å². The zero-order valence-corrected chi connectivity index (χ0v) is 15.0. The van der Waals surface area contributed by atoms with Crippen LogP contribution in [-0.4, -0.2) is 9.55 Å². The number of allylic oxidation sites excluding steroid dienone is 4. The Kier molecular flexibility index (Phi) is 4.14. The largest absolute Gasteiger partial charge is 0.299 e. The van der Waals surface area contributed by atoms with E-state index in [4.69, 9.17) is 23.2 Å². The summed E-state index contributed by atoms with van der Waals surface area (Å²) in [5.74, 6) is -0.0784. The fourth-order valence-corrected chi connectivity index (χ4v) is 3.78. The van der Waals surface area contributed by atoms with Crippen molar-refractivity contribution in [3.8, 4) is 0 Å². The molecular weight excluding hydrogens is 358 g/mol. The van der Waals surface area contributed by atoms with Gasteiger partial charge >= 0.3 is 0 Å². The van der Waals surface area contributed by atoms with Gasteiger partial charge in [-0.15, -0.1) is 0 Å². The Labute approximate surface area is 155 Å². The second-order valence-electron chi connectivity index (χ2n) is 6.21. The van der Waals surface area contributed by atoms with Crippen LogP contribution in [0.1, 0.15) is 18.9 Å². The number of benzene rings is 2. The summed E-state index contributed by atoms with van der Waals surface area (Å²) in [7, 11) is 0. The lowest BCUT2D eigenvalue weighted by atomic mass is 9.86. The molecule has 1 unspecified atom stereocenters. The van der Waals surface area contributed by atoms with E-state index in [2.05, 4.69) is 24.1 Å². The van der Waals surface area contributed by atoms with E-state index in [9.17, 15) is 4.39 Å². The predicted molar refractivity (Wildman–Crippen MR) is 102 cm³/mol. The Morgan fingerprint density at radius 1 is 1.16 bits per heavy atom. The van der Waals surface area contributed by atoms with Gasteiger partial charge in [-0.25, -0.2) is 9.37 Å². The fourth-order valence-electron chi connectivity index (χ4n) is 3.34. The first-order valence-corrected chi connectivity index (χ1v) is 8.79. The Morgan fingerprint density at radius 3 is 2.80 bits per heavy atom. The number of rotatable bonds is 2. The number of hydrogen-bond acceptors (Lipinski definition) is 1. The molecule has 2 nitrogen and oxygen atoms in total. The number of aromatic nitrogens is 2. The smallest absolute Gasteiger partial charge is 0.124 e. The van der Waals surface area contributed by atoms with E-state index in [1.54, 1.807) is 12.4 Å². The molecule has 0 fully saturated rings. The first kappa shape index (κ1) is 16.4. The molecule has 0 saturated carbocycles. The lowest BCUT2D eigenvalue weighted by Gasteiger charge is -2.24. The number of nitrogens with zero attached hydrogens (tertiary/aromatic N) is 2. The van der Waals surface area contributed by atoms with E-state index in [1.165, 1.54) is 12.1 Å². The highest BCUT2D eigenvalue weighted by atomic mass is 35.5. The third-order valence-electron chi connectivity index (χ3n) is 4.52. The molecule has 25 heavy (non-hydrogen) atoms. The molecule has 1 aliphatic rings. The first-order valence-electron chi connectivity index (χ1n) is 8.03. The van der Waals surface area contributed by atoms with E-state index in [1.807, 2.05) is 22.8 Å². The quantitative estimate of drug-likeness (QED) is 0.505. The molecule has 0 N–H and O–H groups in total. The van der Waals surface area contributed by atoms with Crippen LogP contribution in [0.15, 0.2) is 54.9 Å². The van der Waals surface area contributed by atoms with Gasteiger partial charge in [0.2, 0.25) is 0 Å². The minimum atomic E-state index is -0.336. The number of halogens is 3. The molecule has 5 heteroatoms. The molecule has 1 heterocycles. The number of fused-ring (bicyclic) bond motifs is 1. The zero-order chi connectivity index (χ0) is 17.6. The zero-order valence-electron chi connectivity index (χ0n) is 13.5. The van der Waals surface area contributed by atoms with Crippen molar-refractivity contribution in [1.82, 2.24) is 9.55 Å². The Bertz CT molecular complexity index is 1030. The highest BCUT2D eigenvalue weighted by molar-refractivity contribution is 6.32. The second kappa shape index (κ2) is 6.32. The van der Waals surface area contributed by atoms with Gasteiger partial charge < -0.3 is 0 Å². The van der Waals surface area contributed by atoms with Crippen LogP contribution in [0.2, 0.25) is 10.0 Å². The van der Waals surface area contributed by atoms with Crippen molar-refractivity contribution >= 4 is 45.5 Å². The Balaban J connectivity index is 1.99. The Hall–Kier alpha value is -2.10. The van der Waals surface area contributed by atoms with Crippen molar-refractivity contribution in [2.75, 3.05) is 0 Å². The van der Waals surface area contributed by atoms with Crippen LogP contribution in [-0.2, 0) is 0 Å². The van der Waals surface area contributed by atoms with E-state index >= 15 is 0 Å². The van der Waals surface area contributed by atoms with Gasteiger partial charge in [0.15, 0.2) is 0 Å². The monoisotopic (exact) mass is 372 g/mol. The fraction of sp³-hybridized carbons (Fsp3) is 0.150. The van der Waals surface area contributed by atoms with E-state index in [-0.39, 0.29) is 11.7 Å². The number of hydrogen-bond donors (Lipinski definition) is 0. The standard InChI is InChI=1S/C20H15Cl2FN2/c1-12-3-2-4-19(20(12)15-7-6-14(23)10-16(15)22)25-11-24-17-9-13(21)5-8-18(17)25/h2,4-12H,3H2,1H3. The topological polar surface area (TPSA) is 17.8 Å². The van der Waals surface area contributed by atoms with Crippen molar-refractivity contribution in [1.29, 1.82) is 0 Å². The normalized spacial score (nSPS) is 17.5. The van der Waals surface area contributed by atoms with E-state index < -0.39 is 0 Å². The van der Waals surface area contributed by atoms with E-state index in [0.29, 0.717) is 10.0 Å². The third kappa shape index (κ3) is 2.88. The molecule has 126 valence electrons. The predicted octanol–water partition coefficient (Wildman–Crippen LogP) is 6.45. The van der Waals surface area contributed by atoms with Gasteiger partial charge in [0, 0.05) is 5.02 Å². The molecule has 0 radical (unpaired) electrons. The lowest BCUT2D eigenvalue weighted by molar-refractivity contribution is 0.627. The van der Waals surface area contributed by atoms with Crippen molar-refractivity contribution in [3.05, 3.63) is 76.3 Å². The summed E-state index contributed by atoms with van der Waals surface area (Å²) >= 11 is 12.4. The van der Waals surface area contributed by atoms with Gasteiger partial charge in [0.1, 0.15) is 12.1 Å². The maximum absolute atomic E-state index is 13.5. The molecule has 0 amide bonds. The summed E-state index contributed by atoms with van der Waals surface area (Å²) in [6.07, 6.45) is 6.91. The van der Waals surface area contributed by atoms with Crippen molar-refractivity contribution in [3.63, 3.8) is 0 Å². The first-order chi connectivity index (χ1) is 12.0. The summed E-state index contributed by atoms with van der Waals surface area (Å²) in [6.45, 7) is 2.15. The van der Waals surface area contributed by atoms with Crippen LogP contribution in [0.5, 0.6) is 0 Å². The maximum Gasteiger partial charge on any atom is 0.124 e. The highest BCUT2D eigenvalue weighted by Gasteiger charge is 2.22. The summed E-state index contributed by atoms with van der Waals surface area (Å²) < 4.78 is 15.5. The average Bonchev–Trinajstić information content (AvgIpc) is 2.98. The van der Waals surface area contributed by atoms with Gasteiger partial charge in [-0.1, -0.05) is 42.3 Å². The highest BCUT2D eigenvalue weighted by Crippen LogP contribution is 2.39. The molecule has 0 saturated heterocycles. The molecule has 1 aliphatic carbocycles. The second-order valence-corrected chi connectivity index (χ2v) is 7.05. The summed E-state index contributed by atoms with van der Waals surface area (Å²) in [5.41, 5.74) is 4.73. The van der Waals surface area contributed by atoms with Crippen LogP contribution >= 0.6 is 23.2 Å². The minimum Gasteiger partial charge on any atom is -0.299 e. The maximum atomic E-state index is 13.5. The SMILES string of the molecule is CC1CC=CC(n2cnc3cc(Cl)ccc32)=C1c1ccc(F)cc1Cl. The molecule has 4 rings (SSSR count). The molecule has 1 atom stereocenters. The summed E-state index contributed by atoms with van der Waals surface area (Å²) in [4.78, 5) is 4.46. The van der Waals surface area contributed by atoms with Crippen molar-refractivity contribution in [2.45, 2.75) is 13.3 Å². The molecule has 0 aliphatic heterocycles. The van der Waals surface area contributed by atoms with Gasteiger partial charge in [0.05, 0.1) is 21.8 Å². The van der Waals surface area contributed by atoms with Crippen LogP contribution in [0.3, 0.4) is 0 Å². The number of imidazole rings is 1. The van der Waals surface area contributed by atoms with Crippen LogP contribution in [0.4, 0.5) is 4.39 Å². The van der Waals surface area contributed by atoms with Crippen molar-refractivity contribution < 1.29 is 4.39 Å². The minimum absolute atomic E-state index is 0.257. The van der Waals surface area contributed by atoms with Gasteiger partial charge in [-0.3, -0.25) is 4.57 Å². The molecule has 1 aromatic heterocycles. The van der Waals surface area contributed by atoms with Crippen LogP contribution in [0.25, 0.3) is 22.3 Å². The Morgan fingerprint density at radius 2 is 2.00 bits per heavy atom. The van der Waals surface area contributed by atoms with Crippen molar-refractivity contribution in [2.24, 2.45) is 5.92 Å². The van der Waals surface area contributed by atoms with Crippen LogP contribution in [0, 0.1) is 11.7 Å². The molecule has 0 bridgehead atoms. The van der Waals surface area contributed by atoms with Gasteiger partial charge in [0.25, 0.3) is 0 Å². The summed E-state index contributed by atoms with van der Waals surface area (Å²) in [5, 5.41) is 1.07. The average molecular weight is 373 g/mol. The van der Waals surface area contributed by atoms with Gasteiger partial charge in [-0.05, 0) is 59.9 Å². The molecular formula is C20H15Cl2FN2. The molecule has 2 aromatic carbocycles. The third-order valence-corrected chi connectivity index (χ3v) is 5.07.